The zero-order valence-electron chi connectivity index (χ0n) is 9.98. The van der Waals surface area contributed by atoms with Crippen molar-refractivity contribution in [2.24, 2.45) is 5.92 Å². The van der Waals surface area contributed by atoms with Gasteiger partial charge in [0.15, 0.2) is 0 Å². The van der Waals surface area contributed by atoms with Crippen LogP contribution in [0.3, 0.4) is 0 Å². The smallest absolute Gasteiger partial charge is 0.0740 e. The Bertz CT molecular complexity index is 313. The van der Waals surface area contributed by atoms with Gasteiger partial charge in [0.1, 0.15) is 0 Å². The van der Waals surface area contributed by atoms with Gasteiger partial charge >= 0.3 is 0 Å². The van der Waals surface area contributed by atoms with E-state index in [0.29, 0.717) is 18.2 Å². The van der Waals surface area contributed by atoms with E-state index in [2.05, 4.69) is 24.1 Å². The number of rotatable bonds is 6. The van der Waals surface area contributed by atoms with Crippen molar-refractivity contribution < 1.29 is 5.11 Å². The molecule has 1 aromatic heterocycles. The Balaban J connectivity index is 2.48. The number of aromatic nitrogens is 1. The summed E-state index contributed by atoms with van der Waals surface area (Å²) in [6.07, 6.45) is 4.94. The predicted octanol–water partition coefficient (Wildman–Crippen LogP) is 1.87. The molecule has 0 amide bonds. The second-order valence-electron chi connectivity index (χ2n) is 3.99. The van der Waals surface area contributed by atoms with Crippen LogP contribution in [-0.2, 0) is 0 Å². The van der Waals surface area contributed by atoms with Gasteiger partial charge in [0.25, 0.3) is 0 Å². The maximum Gasteiger partial charge on any atom is 0.0740 e. The molecule has 0 radical (unpaired) electrons. The van der Waals surface area contributed by atoms with Gasteiger partial charge < -0.3 is 16.2 Å². The van der Waals surface area contributed by atoms with Crippen LogP contribution >= 0.6 is 0 Å². The molecule has 0 aromatic carbocycles. The van der Waals surface area contributed by atoms with Crippen LogP contribution in [0.15, 0.2) is 18.5 Å². The first-order chi connectivity index (χ1) is 7.69. The number of nitrogens with one attached hydrogen (secondary N) is 1. The minimum atomic E-state index is -0.331. The molecule has 4 heteroatoms. The molecule has 0 fully saturated rings. The number of hydrogen-bond donors (Lipinski definition) is 3. The highest BCUT2D eigenvalue weighted by molar-refractivity contribution is 5.64. The zero-order chi connectivity index (χ0) is 12.0. The summed E-state index contributed by atoms with van der Waals surface area (Å²) in [5.74, 6) is 0.343. The minimum Gasteiger partial charge on any atom is -0.396 e. The van der Waals surface area contributed by atoms with Gasteiger partial charge in [-0.25, -0.2) is 0 Å². The molecule has 16 heavy (non-hydrogen) atoms. The first-order valence-electron chi connectivity index (χ1n) is 5.80. The minimum absolute atomic E-state index is 0.331. The summed E-state index contributed by atoms with van der Waals surface area (Å²) in [5, 5.41) is 13.1. The average molecular weight is 223 g/mol. The Labute approximate surface area is 96.9 Å². The first-order valence-corrected chi connectivity index (χ1v) is 5.80. The number of anilines is 2. The monoisotopic (exact) mass is 223 g/mol. The van der Waals surface area contributed by atoms with Gasteiger partial charge in [0.05, 0.1) is 23.7 Å². The third kappa shape index (κ3) is 3.38. The number of nitrogens with two attached hydrogens (primary N) is 1. The van der Waals surface area contributed by atoms with E-state index in [4.69, 9.17) is 5.73 Å². The van der Waals surface area contributed by atoms with Crippen molar-refractivity contribution in [1.29, 1.82) is 0 Å². The second-order valence-corrected chi connectivity index (χ2v) is 3.99. The Morgan fingerprint density at radius 3 is 2.69 bits per heavy atom. The van der Waals surface area contributed by atoms with Crippen LogP contribution in [0.1, 0.15) is 26.7 Å². The molecule has 4 N–H and O–H groups in total. The molecule has 0 spiro atoms. The number of aliphatic hydroxyl groups excluding tert-OH is 1. The van der Waals surface area contributed by atoms with Crippen molar-refractivity contribution >= 4 is 11.4 Å². The molecule has 1 heterocycles. The van der Waals surface area contributed by atoms with E-state index in [9.17, 15) is 5.11 Å². The molecule has 0 aliphatic heterocycles. The molecule has 1 unspecified atom stereocenters. The summed E-state index contributed by atoms with van der Waals surface area (Å²) in [4.78, 5) is 3.91. The predicted molar refractivity (Wildman–Crippen MR) is 67.2 cm³/mol. The van der Waals surface area contributed by atoms with E-state index in [-0.39, 0.29) is 6.10 Å². The van der Waals surface area contributed by atoms with Crippen molar-refractivity contribution in [3.8, 4) is 0 Å². The van der Waals surface area contributed by atoms with Gasteiger partial charge in [-0.05, 0) is 12.0 Å². The molecule has 0 aliphatic rings. The lowest BCUT2D eigenvalue weighted by atomic mass is 9.96. The van der Waals surface area contributed by atoms with E-state index in [1.165, 1.54) is 0 Å². The highest BCUT2D eigenvalue weighted by Crippen LogP contribution is 2.17. The van der Waals surface area contributed by atoms with E-state index in [0.717, 1.165) is 18.5 Å². The molecule has 1 aromatic rings. The molecule has 0 saturated carbocycles. The van der Waals surface area contributed by atoms with E-state index in [1.54, 1.807) is 12.4 Å². The fraction of sp³-hybridized carbons (Fsp3) is 0.583. The van der Waals surface area contributed by atoms with Crippen molar-refractivity contribution in [3.63, 3.8) is 0 Å². The largest absolute Gasteiger partial charge is 0.396 e. The Morgan fingerprint density at radius 2 is 2.12 bits per heavy atom. The number of hydrogen-bond acceptors (Lipinski definition) is 4. The summed E-state index contributed by atoms with van der Waals surface area (Å²) in [5.41, 5.74) is 7.19. The van der Waals surface area contributed by atoms with Gasteiger partial charge in [-0.15, -0.1) is 0 Å². The molecule has 1 atom stereocenters. The summed E-state index contributed by atoms with van der Waals surface area (Å²) in [6, 6.07) is 1.81. The highest BCUT2D eigenvalue weighted by atomic mass is 16.3. The SMILES string of the molecule is CCC(CC)C(O)CNc1ccncc1N. The van der Waals surface area contributed by atoms with Gasteiger partial charge in [-0.1, -0.05) is 26.7 Å². The molecule has 0 bridgehead atoms. The summed E-state index contributed by atoms with van der Waals surface area (Å²) in [6.45, 7) is 4.72. The lowest BCUT2D eigenvalue weighted by Crippen LogP contribution is -2.27. The number of aliphatic hydroxyl groups is 1. The average Bonchev–Trinajstić information content (AvgIpc) is 2.29. The van der Waals surface area contributed by atoms with Gasteiger partial charge in [0.2, 0.25) is 0 Å². The number of pyridine rings is 1. The molecule has 1 rings (SSSR count). The quantitative estimate of drug-likeness (QED) is 0.688. The van der Waals surface area contributed by atoms with Gasteiger partial charge in [-0.3, -0.25) is 4.98 Å². The van der Waals surface area contributed by atoms with E-state index < -0.39 is 0 Å². The normalized spacial score (nSPS) is 12.8. The highest BCUT2D eigenvalue weighted by Gasteiger charge is 2.15. The van der Waals surface area contributed by atoms with Gasteiger partial charge in [-0.2, -0.15) is 0 Å². The van der Waals surface area contributed by atoms with Crippen LogP contribution in [0.25, 0.3) is 0 Å². The van der Waals surface area contributed by atoms with Crippen molar-refractivity contribution in [2.45, 2.75) is 32.8 Å². The Hall–Kier alpha value is -1.29. The molecule has 0 saturated heterocycles. The maximum absolute atomic E-state index is 9.94. The van der Waals surface area contributed by atoms with Crippen LogP contribution in [0.2, 0.25) is 0 Å². The Kier molecular flexibility index (Phi) is 5.05. The lowest BCUT2D eigenvalue weighted by Gasteiger charge is -2.21. The van der Waals surface area contributed by atoms with Crippen LogP contribution in [0.5, 0.6) is 0 Å². The van der Waals surface area contributed by atoms with Crippen molar-refractivity contribution in [2.75, 3.05) is 17.6 Å². The molecule has 0 aliphatic carbocycles. The number of nitrogen functional groups attached to an aromatic ring is 1. The summed E-state index contributed by atoms with van der Waals surface area (Å²) in [7, 11) is 0. The van der Waals surface area contributed by atoms with Crippen LogP contribution in [0.4, 0.5) is 11.4 Å². The third-order valence-corrected chi connectivity index (χ3v) is 2.95. The van der Waals surface area contributed by atoms with Crippen molar-refractivity contribution in [1.82, 2.24) is 4.98 Å². The zero-order valence-corrected chi connectivity index (χ0v) is 9.98. The maximum atomic E-state index is 9.94. The van der Waals surface area contributed by atoms with Crippen LogP contribution in [0, 0.1) is 5.92 Å². The van der Waals surface area contributed by atoms with Crippen LogP contribution < -0.4 is 11.1 Å². The van der Waals surface area contributed by atoms with Crippen LogP contribution in [-0.4, -0.2) is 22.7 Å². The summed E-state index contributed by atoms with van der Waals surface area (Å²) >= 11 is 0. The molecular formula is C12H21N3O. The fourth-order valence-electron chi connectivity index (χ4n) is 1.78. The number of nitrogens with zero attached hydrogens (tertiary/aromatic N) is 1. The van der Waals surface area contributed by atoms with E-state index in [1.807, 2.05) is 6.07 Å². The molecule has 4 nitrogen and oxygen atoms in total. The Morgan fingerprint density at radius 1 is 1.44 bits per heavy atom. The standard InChI is InChI=1S/C12H21N3O/c1-3-9(4-2)12(16)8-15-11-5-6-14-7-10(11)13/h5-7,9,12,16H,3-4,8,13H2,1-2H3,(H,14,15). The molecular weight excluding hydrogens is 202 g/mol. The second kappa shape index (κ2) is 6.33. The third-order valence-electron chi connectivity index (χ3n) is 2.95. The van der Waals surface area contributed by atoms with Gasteiger partial charge in [0, 0.05) is 12.7 Å². The fourth-order valence-corrected chi connectivity index (χ4v) is 1.78. The molecule has 90 valence electrons. The van der Waals surface area contributed by atoms with E-state index >= 15 is 0 Å². The lowest BCUT2D eigenvalue weighted by molar-refractivity contribution is 0.114. The first kappa shape index (κ1) is 12.8. The topological polar surface area (TPSA) is 71.2 Å². The van der Waals surface area contributed by atoms with Crippen molar-refractivity contribution in [3.05, 3.63) is 18.5 Å². The summed E-state index contributed by atoms with van der Waals surface area (Å²) < 4.78 is 0.